The number of likely N-dealkylation sites (N-methyl/N-ethyl adjacent to an activating group) is 2. The molecule has 0 radical (unpaired) electrons. The minimum atomic E-state index is 0.0412. The van der Waals surface area contributed by atoms with Crippen LogP contribution >= 0.6 is 0 Å². The van der Waals surface area contributed by atoms with E-state index in [0.717, 1.165) is 83.4 Å². The van der Waals surface area contributed by atoms with Gasteiger partial charge in [-0.2, -0.15) is 4.74 Å². The molecule has 0 spiro atoms. The lowest BCUT2D eigenvalue weighted by Crippen LogP contribution is -2.27. The van der Waals surface area contributed by atoms with E-state index in [2.05, 4.69) is 42.8 Å². The van der Waals surface area contributed by atoms with Gasteiger partial charge < -0.3 is 34.9 Å². The van der Waals surface area contributed by atoms with Gasteiger partial charge in [0.2, 0.25) is 11.4 Å². The summed E-state index contributed by atoms with van der Waals surface area (Å²) in [7, 11) is 0. The van der Waals surface area contributed by atoms with E-state index in [1.807, 2.05) is 48.5 Å². The van der Waals surface area contributed by atoms with Crippen molar-refractivity contribution >= 4 is 17.1 Å². The predicted octanol–water partition coefficient (Wildman–Crippen LogP) is 5.19. The monoisotopic (exact) mass is 560 g/mol. The van der Waals surface area contributed by atoms with Gasteiger partial charge in [0.25, 0.3) is 0 Å². The van der Waals surface area contributed by atoms with Crippen LogP contribution in [0, 0.1) is 5.21 Å². The highest BCUT2D eigenvalue weighted by molar-refractivity contribution is 6.22. The maximum atomic E-state index is 14.0. The third kappa shape index (κ3) is 7.38. The van der Waals surface area contributed by atoms with Crippen molar-refractivity contribution in [2.45, 2.75) is 27.7 Å². The molecule has 220 valence electrons. The van der Waals surface area contributed by atoms with E-state index in [9.17, 15) is 5.21 Å². The van der Waals surface area contributed by atoms with Gasteiger partial charge in [-0.1, -0.05) is 27.7 Å². The van der Waals surface area contributed by atoms with Crippen molar-refractivity contribution in [2.75, 3.05) is 71.0 Å². The molecule has 4 rings (SSSR count). The van der Waals surface area contributed by atoms with Crippen LogP contribution in [0.5, 0.6) is 11.5 Å². The molecule has 0 atom stereocenters. The normalized spacial score (nSPS) is 12.0. The Labute approximate surface area is 244 Å². The number of hydrogen-bond donors (Lipinski definition) is 2. The van der Waals surface area contributed by atoms with Crippen LogP contribution in [0.2, 0.25) is 0 Å². The summed E-state index contributed by atoms with van der Waals surface area (Å²) in [5.74, 6) is 1.49. The first kappa shape index (κ1) is 30.4. The van der Waals surface area contributed by atoms with Crippen molar-refractivity contribution in [3.63, 3.8) is 0 Å². The molecule has 8 nitrogen and oxygen atoms in total. The molecule has 0 heterocycles. The Hall–Kier alpha value is -3.59. The number of aliphatic hydroxyl groups excluding tert-OH is 1. The molecule has 3 aromatic carbocycles. The van der Waals surface area contributed by atoms with Gasteiger partial charge >= 0.3 is 0 Å². The zero-order valence-electron chi connectivity index (χ0n) is 24.9. The number of hydrogen-bond acceptors (Lipinski definition) is 7. The van der Waals surface area contributed by atoms with Crippen LogP contribution in [0.3, 0.4) is 0 Å². The summed E-state index contributed by atoms with van der Waals surface area (Å²) >= 11 is 0. The molecule has 0 amide bonds. The molecule has 0 unspecified atom stereocenters. The second-order valence-electron chi connectivity index (χ2n) is 10.0. The van der Waals surface area contributed by atoms with Gasteiger partial charge in [0, 0.05) is 37.5 Å². The fraction of sp³-hybridized carbons (Fsp3) is 0.424. The number of fused-ring (bicyclic) bond motifs is 3. The zero-order chi connectivity index (χ0) is 29.2. The average Bonchev–Trinajstić information content (AvgIpc) is 3.33. The summed E-state index contributed by atoms with van der Waals surface area (Å²) in [5, 5.41) is 26.2. The Morgan fingerprint density at radius 3 is 1.63 bits per heavy atom. The molecule has 1 aliphatic rings. The maximum absolute atomic E-state index is 14.0. The number of ether oxygens (including phenoxy) is 2. The lowest BCUT2D eigenvalue weighted by molar-refractivity contribution is -0.359. The van der Waals surface area contributed by atoms with Gasteiger partial charge in [0.15, 0.2) is 0 Å². The Bertz CT molecular complexity index is 1230. The van der Waals surface area contributed by atoms with Crippen LogP contribution in [-0.2, 0) is 0 Å². The molecule has 3 aromatic rings. The van der Waals surface area contributed by atoms with E-state index in [1.165, 1.54) is 0 Å². The second kappa shape index (κ2) is 14.9. The third-order valence-corrected chi connectivity index (χ3v) is 7.67. The minimum Gasteiger partial charge on any atom is -0.618 e. The largest absolute Gasteiger partial charge is 0.618 e. The Kier molecular flexibility index (Phi) is 11.0. The van der Waals surface area contributed by atoms with E-state index in [1.54, 1.807) is 12.1 Å². The molecule has 0 aromatic heterocycles. The first-order valence-electron chi connectivity index (χ1n) is 14.8. The highest BCUT2D eigenvalue weighted by Gasteiger charge is 2.32. The van der Waals surface area contributed by atoms with Gasteiger partial charge in [-0.3, -0.25) is 0 Å². The molecule has 2 N–H and O–H groups in total. The van der Waals surface area contributed by atoms with Crippen molar-refractivity contribution in [1.29, 1.82) is 0 Å². The SMILES string of the molecule is CCN(CC)CCOc1ccc2c(c1)C(=[N+]([O-])c1ccc(NCCO)cc1)c1cc(OCCN(CC)CC)ccc1-2. The second-order valence-corrected chi connectivity index (χ2v) is 10.0. The van der Waals surface area contributed by atoms with Crippen LogP contribution in [0.25, 0.3) is 11.1 Å². The van der Waals surface area contributed by atoms with Crippen LogP contribution < -0.4 is 14.8 Å². The van der Waals surface area contributed by atoms with Crippen LogP contribution in [0.15, 0.2) is 60.7 Å². The number of anilines is 1. The standard InChI is InChI=1S/C33H44N4O4/c1-5-35(6-2)18-21-40-27-13-15-29-30-16-14-28(41-22-19-36(7-3)8-4)24-32(30)33(31(29)23-27)37(39)26-11-9-25(10-12-26)34-17-20-38/h9-16,23-24,34,38H,5-8,17-22H2,1-4H3. The third-order valence-electron chi connectivity index (χ3n) is 7.67. The predicted molar refractivity (Wildman–Crippen MR) is 167 cm³/mol. The lowest BCUT2D eigenvalue weighted by Gasteiger charge is -2.18. The van der Waals surface area contributed by atoms with Gasteiger partial charge in [-0.05, 0) is 85.8 Å². The fourth-order valence-electron chi connectivity index (χ4n) is 5.16. The van der Waals surface area contributed by atoms with Crippen LogP contribution in [0.4, 0.5) is 11.4 Å². The molecular weight excluding hydrogens is 516 g/mol. The first-order chi connectivity index (χ1) is 20.0. The van der Waals surface area contributed by atoms with E-state index >= 15 is 0 Å². The van der Waals surface area contributed by atoms with Crippen molar-refractivity contribution in [3.05, 3.63) is 77.0 Å². The van der Waals surface area contributed by atoms with Crippen LogP contribution in [-0.4, -0.2) is 91.0 Å². The highest BCUT2D eigenvalue weighted by Crippen LogP contribution is 2.41. The summed E-state index contributed by atoms with van der Waals surface area (Å²) in [6, 6.07) is 19.3. The van der Waals surface area contributed by atoms with Crippen LogP contribution in [0.1, 0.15) is 38.8 Å². The zero-order valence-corrected chi connectivity index (χ0v) is 24.9. The summed E-state index contributed by atoms with van der Waals surface area (Å²) in [5.41, 5.74) is 5.65. The minimum absolute atomic E-state index is 0.0412. The van der Waals surface area contributed by atoms with Gasteiger partial charge in [0.05, 0.1) is 17.7 Å². The van der Waals surface area contributed by atoms with Crippen molar-refractivity contribution in [2.24, 2.45) is 0 Å². The molecule has 0 fully saturated rings. The quantitative estimate of drug-likeness (QED) is 0.111. The van der Waals surface area contributed by atoms with E-state index in [-0.39, 0.29) is 6.61 Å². The number of nitrogens with zero attached hydrogens (tertiary/aromatic N) is 3. The number of aliphatic hydroxyl groups is 1. The molecule has 1 aliphatic carbocycles. The molecule has 0 saturated carbocycles. The van der Waals surface area contributed by atoms with Crippen molar-refractivity contribution in [3.8, 4) is 22.6 Å². The Morgan fingerprint density at radius 2 is 1.20 bits per heavy atom. The first-order valence-corrected chi connectivity index (χ1v) is 14.8. The lowest BCUT2D eigenvalue weighted by atomic mass is 10.1. The summed E-state index contributed by atoms with van der Waals surface area (Å²) in [6.45, 7) is 15.9. The van der Waals surface area contributed by atoms with E-state index < -0.39 is 0 Å². The fourth-order valence-corrected chi connectivity index (χ4v) is 5.16. The number of nitrogens with one attached hydrogen (secondary N) is 1. The smallest absolute Gasteiger partial charge is 0.233 e. The highest BCUT2D eigenvalue weighted by atomic mass is 16.5. The topological polar surface area (TPSA) is 83.3 Å². The van der Waals surface area contributed by atoms with Gasteiger partial charge in [-0.15, -0.1) is 0 Å². The van der Waals surface area contributed by atoms with Crippen molar-refractivity contribution in [1.82, 2.24) is 9.80 Å². The number of benzene rings is 3. The molecular formula is C33H44N4O4. The van der Waals surface area contributed by atoms with Crippen molar-refractivity contribution < 1.29 is 19.3 Å². The summed E-state index contributed by atoms with van der Waals surface area (Å²) < 4.78 is 13.3. The van der Waals surface area contributed by atoms with E-state index in [0.29, 0.717) is 31.2 Å². The average molecular weight is 561 g/mol. The summed E-state index contributed by atoms with van der Waals surface area (Å²) in [6.07, 6.45) is 0. The van der Waals surface area contributed by atoms with Gasteiger partial charge in [0.1, 0.15) is 24.7 Å². The summed E-state index contributed by atoms with van der Waals surface area (Å²) in [4.78, 5) is 4.64. The molecule has 0 bridgehead atoms. The molecule has 8 heteroatoms. The molecule has 41 heavy (non-hydrogen) atoms. The molecule has 0 saturated heterocycles. The maximum Gasteiger partial charge on any atom is 0.233 e. The number of rotatable bonds is 16. The van der Waals surface area contributed by atoms with Gasteiger partial charge in [-0.25, -0.2) is 0 Å². The Morgan fingerprint density at radius 1 is 0.707 bits per heavy atom. The Balaban J connectivity index is 1.68. The van der Waals surface area contributed by atoms with E-state index in [4.69, 9.17) is 14.6 Å². The molecule has 0 aliphatic heterocycles.